The lowest BCUT2D eigenvalue weighted by molar-refractivity contribution is -0.139. The number of rotatable bonds is 18. The monoisotopic (exact) mass is 528 g/mol. The highest BCUT2D eigenvalue weighted by Crippen LogP contribution is 2.34. The average Bonchev–Trinajstić information content (AvgIpc) is 2.93. The molecule has 2 rings (SSSR count). The predicted octanol–water partition coefficient (Wildman–Crippen LogP) is 7.70. The maximum atomic E-state index is 12.1. The summed E-state index contributed by atoms with van der Waals surface area (Å²) in [7, 11) is 1.63. The van der Waals surface area contributed by atoms with Crippen LogP contribution in [0, 0.1) is 11.8 Å². The van der Waals surface area contributed by atoms with E-state index in [1.807, 2.05) is 18.2 Å². The van der Waals surface area contributed by atoms with Crippen molar-refractivity contribution in [2.24, 2.45) is 11.8 Å². The van der Waals surface area contributed by atoms with Crippen molar-refractivity contribution in [1.29, 1.82) is 0 Å². The molecule has 0 radical (unpaired) electrons. The topological polar surface area (TPSA) is 71.1 Å². The fourth-order valence-corrected chi connectivity index (χ4v) is 4.72. The van der Waals surface area contributed by atoms with E-state index in [0.717, 1.165) is 49.5 Å². The quantitative estimate of drug-likeness (QED) is 0.110. The summed E-state index contributed by atoms with van der Waals surface area (Å²) in [5.41, 5.74) is 1.26. The first kappa shape index (κ1) is 31.5. The van der Waals surface area contributed by atoms with E-state index in [1.165, 1.54) is 57.4 Å². The Balaban J connectivity index is 1.64. The van der Waals surface area contributed by atoms with E-state index in [1.54, 1.807) is 20.1 Å². The molecule has 0 saturated heterocycles. The predicted molar refractivity (Wildman–Crippen MR) is 152 cm³/mol. The molecular weight excluding hydrogens is 480 g/mol. The van der Waals surface area contributed by atoms with Gasteiger partial charge in [-0.3, -0.25) is 0 Å². The van der Waals surface area contributed by atoms with Crippen LogP contribution in [0.4, 0.5) is 0 Å². The number of esters is 2. The minimum absolute atomic E-state index is 0.351. The first-order valence-electron chi connectivity index (χ1n) is 14.4. The Kier molecular flexibility index (Phi) is 15.3. The summed E-state index contributed by atoms with van der Waals surface area (Å²) in [6.07, 6.45) is 17.1. The summed E-state index contributed by atoms with van der Waals surface area (Å²) < 4.78 is 22.0. The molecule has 0 amide bonds. The second-order valence-corrected chi connectivity index (χ2v) is 10.4. The molecule has 0 spiro atoms. The van der Waals surface area contributed by atoms with Crippen molar-refractivity contribution in [1.82, 2.24) is 0 Å². The van der Waals surface area contributed by atoms with Crippen LogP contribution in [-0.4, -0.2) is 38.9 Å². The third-order valence-electron chi connectivity index (χ3n) is 7.12. The van der Waals surface area contributed by atoms with E-state index in [0.29, 0.717) is 30.5 Å². The maximum absolute atomic E-state index is 12.1. The molecule has 0 aliphatic heterocycles. The van der Waals surface area contributed by atoms with Crippen molar-refractivity contribution in [2.45, 2.75) is 90.9 Å². The highest BCUT2D eigenvalue weighted by atomic mass is 16.5. The molecule has 6 nitrogen and oxygen atoms in total. The summed E-state index contributed by atoms with van der Waals surface area (Å²) in [5.74, 6) is 2.20. The number of benzene rings is 1. The molecule has 0 aromatic heterocycles. The van der Waals surface area contributed by atoms with Crippen LogP contribution in [-0.2, 0) is 19.1 Å². The van der Waals surface area contributed by atoms with Crippen molar-refractivity contribution < 1.29 is 28.5 Å². The van der Waals surface area contributed by atoms with Crippen LogP contribution in [0.15, 0.2) is 36.4 Å². The van der Waals surface area contributed by atoms with Crippen LogP contribution < -0.4 is 9.47 Å². The second-order valence-electron chi connectivity index (χ2n) is 10.4. The average molecular weight is 529 g/mol. The molecule has 1 aromatic rings. The van der Waals surface area contributed by atoms with Gasteiger partial charge in [-0.1, -0.05) is 58.1 Å². The molecule has 1 aliphatic carbocycles. The molecule has 1 fully saturated rings. The summed E-state index contributed by atoms with van der Waals surface area (Å²) in [6, 6.07) is 5.71. The Bertz CT molecular complexity index is 882. The van der Waals surface area contributed by atoms with Crippen molar-refractivity contribution in [2.75, 3.05) is 26.9 Å². The summed E-state index contributed by atoms with van der Waals surface area (Å²) in [4.78, 5) is 23.4. The largest absolute Gasteiger partial charge is 0.493 e. The third kappa shape index (κ3) is 12.7. The number of hydrogen-bond donors (Lipinski definition) is 0. The van der Waals surface area contributed by atoms with Gasteiger partial charge in [-0.2, -0.15) is 0 Å². The van der Waals surface area contributed by atoms with Crippen LogP contribution in [0.2, 0.25) is 0 Å². The smallest absolute Gasteiger partial charge is 0.333 e. The van der Waals surface area contributed by atoms with Crippen LogP contribution in [0.3, 0.4) is 0 Å². The van der Waals surface area contributed by atoms with Gasteiger partial charge in [0.05, 0.1) is 26.9 Å². The number of methoxy groups -OCH3 is 1. The van der Waals surface area contributed by atoms with Gasteiger partial charge in [0.2, 0.25) is 0 Å². The van der Waals surface area contributed by atoms with Crippen molar-refractivity contribution >= 4 is 18.0 Å². The molecular formula is C32H48O6. The molecule has 0 atom stereocenters. The van der Waals surface area contributed by atoms with E-state index < -0.39 is 0 Å². The first-order chi connectivity index (χ1) is 18.4. The van der Waals surface area contributed by atoms with Crippen molar-refractivity contribution in [3.8, 4) is 11.5 Å². The van der Waals surface area contributed by atoms with Gasteiger partial charge in [0.1, 0.15) is 0 Å². The van der Waals surface area contributed by atoms with Crippen molar-refractivity contribution in [3.63, 3.8) is 0 Å². The highest BCUT2D eigenvalue weighted by molar-refractivity contribution is 5.87. The number of unbranched alkanes of at least 4 members (excludes halogenated alkanes) is 5. The molecule has 0 heterocycles. The maximum Gasteiger partial charge on any atom is 0.333 e. The van der Waals surface area contributed by atoms with E-state index >= 15 is 0 Å². The van der Waals surface area contributed by atoms with Gasteiger partial charge in [-0.05, 0) is 81.1 Å². The van der Waals surface area contributed by atoms with Crippen molar-refractivity contribution in [3.05, 3.63) is 42.0 Å². The lowest BCUT2D eigenvalue weighted by atomic mass is 9.80. The fourth-order valence-electron chi connectivity index (χ4n) is 4.72. The van der Waals surface area contributed by atoms with Gasteiger partial charge in [0, 0.05) is 11.6 Å². The number of carbonyl (C=O) groups excluding carboxylic acids is 2. The highest BCUT2D eigenvalue weighted by Gasteiger charge is 2.21. The summed E-state index contributed by atoms with van der Waals surface area (Å²) in [6.45, 7) is 8.93. The normalized spacial score (nSPS) is 17.2. The Morgan fingerprint density at radius 1 is 0.921 bits per heavy atom. The Morgan fingerprint density at radius 3 is 2.26 bits per heavy atom. The van der Waals surface area contributed by atoms with E-state index in [4.69, 9.17) is 18.9 Å². The number of hydrogen-bond acceptors (Lipinski definition) is 6. The molecule has 0 unspecified atom stereocenters. The lowest BCUT2D eigenvalue weighted by Crippen LogP contribution is -2.20. The van der Waals surface area contributed by atoms with Gasteiger partial charge in [-0.15, -0.1) is 0 Å². The molecule has 6 heteroatoms. The van der Waals surface area contributed by atoms with Crippen LogP contribution in [0.5, 0.6) is 11.5 Å². The second kappa shape index (κ2) is 18.5. The molecule has 1 aliphatic rings. The zero-order chi connectivity index (χ0) is 27.6. The molecule has 1 aromatic carbocycles. The van der Waals surface area contributed by atoms with E-state index in [2.05, 4.69) is 13.5 Å². The summed E-state index contributed by atoms with van der Waals surface area (Å²) in [5, 5.41) is 0. The number of ether oxygens (including phenoxy) is 4. The fraction of sp³-hybridized carbons (Fsp3) is 0.625. The minimum Gasteiger partial charge on any atom is -0.493 e. The Labute approximate surface area is 229 Å². The molecule has 38 heavy (non-hydrogen) atoms. The standard InChI is InChI=1S/C32H48O6/c1-5-6-9-12-26-13-15-28(16-14-26)24-38-29-19-17-27(23-30(29)35-4)18-20-31(33)36-21-10-7-8-11-22-37-32(34)25(2)3/h17-20,23,26,28H,2,5-16,21-22,24H2,1,3-4H3/b20-18+. The van der Waals surface area contributed by atoms with Gasteiger partial charge < -0.3 is 18.9 Å². The zero-order valence-electron chi connectivity index (χ0n) is 23.8. The van der Waals surface area contributed by atoms with Crippen LogP contribution in [0.25, 0.3) is 6.08 Å². The molecule has 1 saturated carbocycles. The van der Waals surface area contributed by atoms with Crippen LogP contribution in [0.1, 0.15) is 96.5 Å². The Morgan fingerprint density at radius 2 is 1.61 bits per heavy atom. The van der Waals surface area contributed by atoms with E-state index in [-0.39, 0.29) is 11.9 Å². The van der Waals surface area contributed by atoms with Crippen LogP contribution >= 0.6 is 0 Å². The Hall–Kier alpha value is -2.76. The van der Waals surface area contributed by atoms with E-state index in [9.17, 15) is 9.59 Å². The first-order valence-corrected chi connectivity index (χ1v) is 14.4. The van der Waals surface area contributed by atoms with Gasteiger partial charge in [0.15, 0.2) is 11.5 Å². The molecule has 0 bridgehead atoms. The number of carbonyl (C=O) groups is 2. The summed E-state index contributed by atoms with van der Waals surface area (Å²) >= 11 is 0. The lowest BCUT2D eigenvalue weighted by Gasteiger charge is -2.28. The molecule has 212 valence electrons. The van der Waals surface area contributed by atoms with Gasteiger partial charge in [-0.25, -0.2) is 9.59 Å². The van der Waals surface area contributed by atoms with Gasteiger partial charge in [0.25, 0.3) is 0 Å². The zero-order valence-corrected chi connectivity index (χ0v) is 23.8. The molecule has 0 N–H and O–H groups in total. The third-order valence-corrected chi connectivity index (χ3v) is 7.12. The SMILES string of the molecule is C=C(C)C(=O)OCCCCCCOC(=O)/C=C/c1ccc(OCC2CCC(CCCCC)CC2)c(OC)c1. The minimum atomic E-state index is -0.370. The van der Waals surface area contributed by atoms with Gasteiger partial charge >= 0.3 is 11.9 Å².